The lowest BCUT2D eigenvalue weighted by molar-refractivity contribution is 0.516. The maximum absolute atomic E-state index is 10.2. The van der Waals surface area contributed by atoms with Crippen LogP contribution in [0.3, 0.4) is 0 Å². The van der Waals surface area contributed by atoms with Crippen molar-refractivity contribution in [2.24, 2.45) is 0 Å². The lowest BCUT2D eigenvalue weighted by Crippen LogP contribution is -1.99. The van der Waals surface area contributed by atoms with Gasteiger partial charge in [-0.15, -0.1) is 0 Å². The molecule has 0 spiro atoms. The van der Waals surface area contributed by atoms with Crippen LogP contribution in [0, 0.1) is 12.0 Å². The molecule has 8 heavy (non-hydrogen) atoms. The van der Waals surface area contributed by atoms with Gasteiger partial charge in [0.2, 0.25) is 0 Å². The molecule has 3 nitrogen and oxygen atoms in total. The Hall–Kier alpha value is -0.690. The smallest absolute Gasteiger partial charge is 0.158 e. The molecule has 0 aliphatic carbocycles. The van der Waals surface area contributed by atoms with E-state index in [-0.39, 0.29) is 5.75 Å². The van der Waals surface area contributed by atoms with Crippen molar-refractivity contribution in [3.05, 3.63) is 0 Å². The van der Waals surface area contributed by atoms with E-state index in [4.69, 9.17) is 5.11 Å². The van der Waals surface area contributed by atoms with Gasteiger partial charge in [0.05, 0.1) is 0 Å². The molecule has 0 unspecified atom stereocenters. The number of hydrogen-bond donors (Lipinski definition) is 1. The topological polar surface area (TPSA) is 54.4 Å². The normalized spacial score (nSPS) is 9.62. The van der Waals surface area contributed by atoms with Crippen molar-refractivity contribution in [1.29, 1.82) is 0 Å². The third-order valence-electron chi connectivity index (χ3n) is 0.413. The zero-order valence-corrected chi connectivity index (χ0v) is 5.20. The summed E-state index contributed by atoms with van der Waals surface area (Å²) in [5, 5.41) is 7.80. The Morgan fingerprint density at radius 3 is 2.25 bits per heavy atom. The summed E-state index contributed by atoms with van der Waals surface area (Å²) < 4.78 is 20.4. The molecule has 0 rings (SSSR count). The predicted molar refractivity (Wildman–Crippen MR) is 29.4 cm³/mol. The average Bonchev–Trinajstić information content (AvgIpc) is 1.59. The van der Waals surface area contributed by atoms with Gasteiger partial charge in [0.1, 0.15) is 11.9 Å². The summed E-state index contributed by atoms with van der Waals surface area (Å²) in [6.45, 7) is 0. The van der Waals surface area contributed by atoms with Crippen LogP contribution < -0.4 is 0 Å². The van der Waals surface area contributed by atoms with E-state index in [2.05, 4.69) is 0 Å². The summed E-state index contributed by atoms with van der Waals surface area (Å²) in [6, 6.07) is 0. The van der Waals surface area contributed by atoms with Crippen LogP contribution in [0.2, 0.25) is 0 Å². The number of aliphatic hydroxyl groups excluding tert-OH is 1. The summed E-state index contributed by atoms with van der Waals surface area (Å²) in [5.41, 5.74) is 0. The molecule has 0 aromatic carbocycles. The quantitative estimate of drug-likeness (QED) is 0.485. The van der Waals surface area contributed by atoms with E-state index in [1.54, 1.807) is 0 Å². The molecule has 0 radical (unpaired) electrons. The van der Waals surface area contributed by atoms with Crippen LogP contribution in [0.25, 0.3) is 0 Å². The van der Waals surface area contributed by atoms with Gasteiger partial charge in [-0.3, -0.25) is 0 Å². The van der Waals surface area contributed by atoms with Gasteiger partial charge < -0.3 is 5.11 Å². The van der Waals surface area contributed by atoms with E-state index in [0.717, 1.165) is 6.26 Å². The van der Waals surface area contributed by atoms with Crippen LogP contribution in [0.15, 0.2) is 0 Å². The van der Waals surface area contributed by atoms with Crippen molar-refractivity contribution in [3.8, 4) is 12.0 Å². The summed E-state index contributed by atoms with van der Waals surface area (Å²) >= 11 is 0. The van der Waals surface area contributed by atoms with E-state index >= 15 is 0 Å². The van der Waals surface area contributed by atoms with E-state index in [1.807, 2.05) is 5.92 Å². The van der Waals surface area contributed by atoms with Crippen molar-refractivity contribution in [2.75, 3.05) is 12.0 Å². The molecule has 0 bridgehead atoms. The van der Waals surface area contributed by atoms with E-state index in [1.165, 1.54) is 6.11 Å². The van der Waals surface area contributed by atoms with Crippen LogP contribution >= 0.6 is 0 Å². The van der Waals surface area contributed by atoms with Crippen LogP contribution in [-0.4, -0.2) is 25.5 Å². The van der Waals surface area contributed by atoms with Gasteiger partial charge in [-0.2, -0.15) is 0 Å². The molecule has 1 N–H and O–H groups in total. The Morgan fingerprint density at radius 2 is 2.12 bits per heavy atom. The van der Waals surface area contributed by atoms with Crippen LogP contribution in [0.5, 0.6) is 0 Å². The first-order chi connectivity index (χ1) is 3.56. The minimum absolute atomic E-state index is 0.274. The summed E-state index contributed by atoms with van der Waals surface area (Å²) in [6.07, 6.45) is 2.55. The minimum atomic E-state index is -3.02. The Balaban J connectivity index is 3.89. The molecular weight excluding hydrogens is 128 g/mol. The van der Waals surface area contributed by atoms with Crippen LogP contribution in [0.4, 0.5) is 0 Å². The Labute approximate surface area is 48.3 Å². The van der Waals surface area contributed by atoms with Crippen molar-refractivity contribution >= 4 is 9.84 Å². The largest absolute Gasteiger partial charge is 0.462 e. The maximum atomic E-state index is 10.2. The third-order valence-corrected chi connectivity index (χ3v) is 1.08. The highest BCUT2D eigenvalue weighted by Crippen LogP contribution is 1.76. The molecule has 0 heterocycles. The predicted octanol–water partition coefficient (Wildman–Crippen LogP) is -0.636. The van der Waals surface area contributed by atoms with Crippen LogP contribution in [0.1, 0.15) is 0 Å². The van der Waals surface area contributed by atoms with Gasteiger partial charge in [0.25, 0.3) is 0 Å². The monoisotopic (exact) mass is 134 g/mol. The van der Waals surface area contributed by atoms with E-state index < -0.39 is 9.84 Å². The zero-order chi connectivity index (χ0) is 6.62. The lowest BCUT2D eigenvalue weighted by Gasteiger charge is -1.81. The fourth-order valence-corrected chi connectivity index (χ4v) is 0.490. The van der Waals surface area contributed by atoms with Gasteiger partial charge in [0, 0.05) is 6.26 Å². The molecule has 0 aliphatic rings. The molecule has 0 aliphatic heterocycles. The lowest BCUT2D eigenvalue weighted by atomic mass is 10.8. The fraction of sp³-hybridized carbons (Fsp3) is 0.500. The highest BCUT2D eigenvalue weighted by molar-refractivity contribution is 7.90. The molecule has 0 aromatic heterocycles. The van der Waals surface area contributed by atoms with Gasteiger partial charge >= 0.3 is 0 Å². The SMILES string of the molecule is CS(=O)(=O)CC#CO. The number of rotatable bonds is 1. The Bertz CT molecular complexity index is 203. The average molecular weight is 134 g/mol. The van der Waals surface area contributed by atoms with E-state index in [0.29, 0.717) is 0 Å². The van der Waals surface area contributed by atoms with Gasteiger partial charge in [-0.05, 0) is 5.92 Å². The first-order valence-corrected chi connectivity index (χ1v) is 3.92. The second kappa shape index (κ2) is 2.58. The molecule has 0 aromatic rings. The Kier molecular flexibility index (Phi) is 2.35. The van der Waals surface area contributed by atoms with Gasteiger partial charge in [0.15, 0.2) is 9.84 Å². The van der Waals surface area contributed by atoms with Crippen molar-refractivity contribution in [1.82, 2.24) is 0 Å². The first-order valence-electron chi connectivity index (χ1n) is 1.86. The van der Waals surface area contributed by atoms with Crippen molar-refractivity contribution in [2.45, 2.75) is 0 Å². The summed E-state index contributed by atoms with van der Waals surface area (Å²) in [5.74, 6) is 1.73. The highest BCUT2D eigenvalue weighted by Gasteiger charge is 1.94. The first kappa shape index (κ1) is 7.31. The molecule has 46 valence electrons. The molecular formula is C4H6O3S. The summed E-state index contributed by atoms with van der Waals surface area (Å²) in [7, 11) is -3.02. The minimum Gasteiger partial charge on any atom is -0.462 e. The third kappa shape index (κ3) is 5.31. The Morgan fingerprint density at radius 1 is 1.62 bits per heavy atom. The second-order valence-corrected chi connectivity index (χ2v) is 3.50. The zero-order valence-electron chi connectivity index (χ0n) is 4.38. The van der Waals surface area contributed by atoms with Crippen LogP contribution in [-0.2, 0) is 9.84 Å². The van der Waals surface area contributed by atoms with Gasteiger partial charge in [-0.25, -0.2) is 8.42 Å². The molecule has 4 heteroatoms. The number of hydrogen-bond acceptors (Lipinski definition) is 3. The number of aliphatic hydroxyl groups is 1. The number of sulfone groups is 1. The van der Waals surface area contributed by atoms with Crippen molar-refractivity contribution in [3.63, 3.8) is 0 Å². The highest BCUT2D eigenvalue weighted by atomic mass is 32.2. The van der Waals surface area contributed by atoms with Crippen molar-refractivity contribution < 1.29 is 13.5 Å². The van der Waals surface area contributed by atoms with E-state index in [9.17, 15) is 8.42 Å². The molecule has 0 amide bonds. The standard InChI is InChI=1S/C4H6O3S/c1-8(6,7)4-2-3-5/h5H,4H2,1H3. The maximum Gasteiger partial charge on any atom is 0.158 e. The molecule has 0 saturated heterocycles. The summed E-state index contributed by atoms with van der Waals surface area (Å²) in [4.78, 5) is 0. The van der Waals surface area contributed by atoms with Gasteiger partial charge in [-0.1, -0.05) is 0 Å². The molecule has 0 atom stereocenters. The molecule has 0 saturated carbocycles. The fourth-order valence-electron chi connectivity index (χ4n) is 0.163. The molecule has 0 fully saturated rings. The second-order valence-electron chi connectivity index (χ2n) is 1.36.